The lowest BCUT2D eigenvalue weighted by molar-refractivity contribution is -0.138. The summed E-state index contributed by atoms with van der Waals surface area (Å²) in [6, 6.07) is 5.89. The van der Waals surface area contributed by atoms with Gasteiger partial charge in [0.1, 0.15) is 5.25 Å². The summed E-state index contributed by atoms with van der Waals surface area (Å²) in [6.45, 7) is 1.41. The minimum absolute atomic E-state index is 0.0499. The Morgan fingerprint density at radius 3 is 1.47 bits per heavy atom. The van der Waals surface area contributed by atoms with Crippen LogP contribution in [0.3, 0.4) is 0 Å². The first-order chi connectivity index (χ1) is 14.5. The van der Waals surface area contributed by atoms with Gasteiger partial charge in [-0.2, -0.15) is 31.1 Å². The summed E-state index contributed by atoms with van der Waals surface area (Å²) in [7, 11) is -3.93. The van der Waals surface area contributed by atoms with Crippen LogP contribution in [0.25, 0.3) is 0 Å². The van der Waals surface area contributed by atoms with Crippen molar-refractivity contribution in [2.24, 2.45) is 0 Å². The Morgan fingerprint density at radius 1 is 0.781 bits per heavy atom. The van der Waals surface area contributed by atoms with Crippen molar-refractivity contribution in [3.8, 4) is 0 Å². The van der Waals surface area contributed by atoms with E-state index in [1.54, 1.807) is 0 Å². The van der Waals surface area contributed by atoms with E-state index < -0.39 is 53.2 Å². The summed E-state index contributed by atoms with van der Waals surface area (Å²) in [6.07, 6.45) is -9.50. The smallest absolute Gasteiger partial charge is 0.212 e. The van der Waals surface area contributed by atoms with Gasteiger partial charge in [-0.05, 0) is 41.8 Å². The van der Waals surface area contributed by atoms with E-state index in [0.29, 0.717) is 24.3 Å². The van der Waals surface area contributed by atoms with Crippen molar-refractivity contribution in [3.63, 3.8) is 0 Å². The number of sulfonamides is 1. The minimum Gasteiger partial charge on any atom is -0.212 e. The zero-order valence-corrected chi connectivity index (χ0v) is 18.5. The number of alkyl halides is 6. The van der Waals surface area contributed by atoms with Crippen LogP contribution >= 0.6 is 10.7 Å². The van der Waals surface area contributed by atoms with Crippen LogP contribution in [0.4, 0.5) is 26.3 Å². The Labute approximate surface area is 184 Å². The van der Waals surface area contributed by atoms with Crippen LogP contribution in [0.15, 0.2) is 48.5 Å². The highest BCUT2D eigenvalue weighted by Crippen LogP contribution is 2.35. The standard InChI is InChI=1S/C18H16ClF6NO4S2/c1-2-15(11-3-7-13(8-4-11)17(20,21)22)32(29,30)26-16(31(19,27)28)12-5-9-14(10-6-12)18(23,24)25/h3-10,15-16,26H,2H2,1H3. The van der Waals surface area contributed by atoms with Gasteiger partial charge in [-0.15, -0.1) is 0 Å². The fourth-order valence-corrected chi connectivity index (χ4v) is 6.42. The van der Waals surface area contributed by atoms with Crippen LogP contribution in [-0.2, 0) is 31.4 Å². The molecule has 2 unspecified atom stereocenters. The summed E-state index contributed by atoms with van der Waals surface area (Å²) < 4.78 is 128. The number of halogens is 7. The molecule has 2 atom stereocenters. The third-order valence-electron chi connectivity index (χ3n) is 4.45. The molecule has 14 heteroatoms. The molecule has 0 saturated carbocycles. The lowest BCUT2D eigenvalue weighted by Crippen LogP contribution is -2.35. The summed E-state index contributed by atoms with van der Waals surface area (Å²) >= 11 is 0. The molecule has 0 aromatic heterocycles. The van der Waals surface area contributed by atoms with Crippen LogP contribution in [0, 0.1) is 0 Å². The van der Waals surface area contributed by atoms with Crippen LogP contribution in [0.2, 0.25) is 0 Å². The van der Waals surface area contributed by atoms with Gasteiger partial charge in [-0.1, -0.05) is 31.2 Å². The average molecular weight is 524 g/mol. The topological polar surface area (TPSA) is 80.3 Å². The molecule has 2 rings (SSSR count). The predicted octanol–water partition coefficient (Wildman–Crippen LogP) is 5.36. The number of rotatable bonds is 7. The van der Waals surface area contributed by atoms with E-state index in [0.717, 1.165) is 24.3 Å². The average Bonchev–Trinajstić information content (AvgIpc) is 2.65. The summed E-state index contributed by atoms with van der Waals surface area (Å²) in [5, 5.41) is -3.58. The van der Waals surface area contributed by atoms with Gasteiger partial charge in [0, 0.05) is 10.7 Å². The molecule has 0 bridgehead atoms. The molecule has 32 heavy (non-hydrogen) atoms. The first-order valence-electron chi connectivity index (χ1n) is 8.75. The van der Waals surface area contributed by atoms with Crippen molar-refractivity contribution < 1.29 is 43.2 Å². The van der Waals surface area contributed by atoms with Crippen molar-refractivity contribution in [2.45, 2.75) is 36.3 Å². The number of hydrogen-bond acceptors (Lipinski definition) is 4. The van der Waals surface area contributed by atoms with E-state index in [2.05, 4.69) is 0 Å². The SMILES string of the molecule is CCC(c1ccc(C(F)(F)F)cc1)S(=O)(=O)NC(c1ccc(C(F)(F)F)cc1)S(=O)(=O)Cl. The Morgan fingerprint density at radius 2 is 1.16 bits per heavy atom. The van der Waals surface area contributed by atoms with E-state index in [1.165, 1.54) is 6.92 Å². The van der Waals surface area contributed by atoms with Crippen molar-refractivity contribution in [1.29, 1.82) is 0 Å². The molecule has 1 N–H and O–H groups in total. The normalized spacial score (nSPS) is 15.4. The van der Waals surface area contributed by atoms with Gasteiger partial charge in [0.25, 0.3) is 9.05 Å². The maximum atomic E-state index is 12.9. The Hall–Kier alpha value is -1.83. The molecule has 0 amide bonds. The van der Waals surface area contributed by atoms with Gasteiger partial charge >= 0.3 is 12.4 Å². The summed E-state index contributed by atoms with van der Waals surface area (Å²) in [4.78, 5) is 0. The molecule has 2 aromatic carbocycles. The largest absolute Gasteiger partial charge is 0.416 e. The van der Waals surface area contributed by atoms with Crippen LogP contribution in [0.5, 0.6) is 0 Å². The lowest BCUT2D eigenvalue weighted by atomic mass is 10.1. The fraction of sp³-hybridized carbons (Fsp3) is 0.333. The molecule has 0 aliphatic heterocycles. The van der Waals surface area contributed by atoms with Gasteiger partial charge in [-0.25, -0.2) is 16.8 Å². The van der Waals surface area contributed by atoms with Crippen molar-refractivity contribution in [3.05, 3.63) is 70.8 Å². The maximum Gasteiger partial charge on any atom is 0.416 e. The van der Waals surface area contributed by atoms with E-state index in [1.807, 2.05) is 4.72 Å². The Kier molecular flexibility index (Phi) is 7.59. The summed E-state index contributed by atoms with van der Waals surface area (Å²) in [5.41, 5.74) is -2.52. The first kappa shape index (κ1) is 26.4. The second kappa shape index (κ2) is 9.20. The fourth-order valence-electron chi connectivity index (χ4n) is 2.89. The molecule has 0 aliphatic carbocycles. The van der Waals surface area contributed by atoms with Gasteiger partial charge in [-0.3, -0.25) is 0 Å². The monoisotopic (exact) mass is 523 g/mol. The van der Waals surface area contributed by atoms with Crippen LogP contribution in [-0.4, -0.2) is 16.8 Å². The highest BCUT2D eigenvalue weighted by atomic mass is 35.7. The second-order valence-corrected chi connectivity index (χ2v) is 11.3. The number of nitrogens with one attached hydrogen (secondary N) is 1. The predicted molar refractivity (Wildman–Crippen MR) is 105 cm³/mol. The highest BCUT2D eigenvalue weighted by molar-refractivity contribution is 8.14. The second-order valence-electron chi connectivity index (χ2n) is 6.65. The summed E-state index contributed by atoms with van der Waals surface area (Å²) in [5.74, 6) is 0. The van der Waals surface area contributed by atoms with Crippen molar-refractivity contribution >= 4 is 29.8 Å². The van der Waals surface area contributed by atoms with Crippen molar-refractivity contribution in [2.75, 3.05) is 0 Å². The van der Waals surface area contributed by atoms with E-state index in [9.17, 15) is 43.2 Å². The molecule has 2 aromatic rings. The zero-order valence-electron chi connectivity index (χ0n) is 16.1. The molecule has 0 radical (unpaired) electrons. The molecular weight excluding hydrogens is 508 g/mol. The molecule has 0 heterocycles. The Bertz CT molecular complexity index is 1150. The van der Waals surface area contributed by atoms with Crippen LogP contribution < -0.4 is 4.72 Å². The lowest BCUT2D eigenvalue weighted by Gasteiger charge is -2.22. The zero-order chi connectivity index (χ0) is 24.5. The molecule has 0 spiro atoms. The maximum absolute atomic E-state index is 12.9. The van der Waals surface area contributed by atoms with Gasteiger partial charge < -0.3 is 0 Å². The van der Waals surface area contributed by atoms with E-state index >= 15 is 0 Å². The minimum atomic E-state index is -4.71. The first-order valence-corrected chi connectivity index (χ1v) is 12.7. The Balaban J connectivity index is 2.41. The highest BCUT2D eigenvalue weighted by Gasteiger charge is 2.36. The number of hydrogen-bond donors (Lipinski definition) is 1. The third kappa shape index (κ3) is 6.36. The van der Waals surface area contributed by atoms with E-state index in [-0.39, 0.29) is 17.5 Å². The molecule has 0 aliphatic rings. The molecule has 5 nitrogen and oxygen atoms in total. The van der Waals surface area contributed by atoms with Crippen molar-refractivity contribution in [1.82, 2.24) is 4.72 Å². The molecular formula is C18H16ClF6NO4S2. The third-order valence-corrected chi connectivity index (χ3v) is 8.00. The molecule has 178 valence electrons. The molecule has 0 saturated heterocycles. The van der Waals surface area contributed by atoms with E-state index in [4.69, 9.17) is 10.7 Å². The van der Waals surface area contributed by atoms with Gasteiger partial charge in [0.05, 0.1) is 11.1 Å². The van der Waals surface area contributed by atoms with Gasteiger partial charge in [0.15, 0.2) is 5.37 Å². The molecule has 0 fully saturated rings. The van der Waals surface area contributed by atoms with Crippen LogP contribution in [0.1, 0.15) is 46.2 Å². The van der Waals surface area contributed by atoms with Gasteiger partial charge in [0.2, 0.25) is 10.0 Å². The quantitative estimate of drug-likeness (QED) is 0.391. The number of benzene rings is 2.